The number of piperazine rings is 1. The van der Waals surface area contributed by atoms with E-state index in [9.17, 15) is 14.4 Å². The molecule has 178 valence electrons. The number of anilines is 3. The largest absolute Gasteiger partial charge is 0.492 e. The van der Waals surface area contributed by atoms with Crippen molar-refractivity contribution >= 4 is 23.0 Å². The molecule has 0 aliphatic carbocycles. The van der Waals surface area contributed by atoms with Gasteiger partial charge in [-0.1, -0.05) is 37.3 Å². The number of hydrogen-bond donors (Lipinski definition) is 2. The maximum absolute atomic E-state index is 13.1. The summed E-state index contributed by atoms with van der Waals surface area (Å²) in [6, 6.07) is 11.2. The number of likely N-dealkylation sites (N-methyl/N-ethyl adjacent to an activating group) is 1. The van der Waals surface area contributed by atoms with Crippen LogP contribution in [0.1, 0.15) is 35.4 Å². The molecule has 4 rings (SSSR count). The number of rotatable bonds is 8. The predicted molar refractivity (Wildman–Crippen MR) is 132 cm³/mol. The first-order chi connectivity index (χ1) is 16.4. The summed E-state index contributed by atoms with van der Waals surface area (Å²) in [6.07, 6.45) is 2.22. The van der Waals surface area contributed by atoms with Crippen molar-refractivity contribution in [1.29, 1.82) is 0 Å². The average Bonchev–Trinajstić information content (AvgIpc) is 2.88. The third-order valence-electron chi connectivity index (χ3n) is 6.20. The van der Waals surface area contributed by atoms with Crippen LogP contribution in [-0.2, 0) is 0 Å². The van der Waals surface area contributed by atoms with Gasteiger partial charge in [0.25, 0.3) is 16.8 Å². The molecule has 2 N–H and O–H groups in total. The molecule has 0 radical (unpaired) electrons. The van der Waals surface area contributed by atoms with Crippen LogP contribution in [0.3, 0.4) is 0 Å². The molecule has 1 saturated heterocycles. The topological polar surface area (TPSA) is 104 Å². The molecule has 3 aromatic rings. The average molecular weight is 464 g/mol. The molecule has 0 spiro atoms. The summed E-state index contributed by atoms with van der Waals surface area (Å²) < 4.78 is 5.53. The van der Waals surface area contributed by atoms with Crippen LogP contribution in [0, 0.1) is 0 Å². The van der Waals surface area contributed by atoms with Crippen LogP contribution in [-0.4, -0.2) is 61.0 Å². The van der Waals surface area contributed by atoms with E-state index in [2.05, 4.69) is 20.5 Å². The van der Waals surface area contributed by atoms with E-state index in [0.29, 0.717) is 18.8 Å². The van der Waals surface area contributed by atoms with Gasteiger partial charge in [-0.05, 0) is 25.1 Å². The summed E-state index contributed by atoms with van der Waals surface area (Å²) in [7, 11) is 3.47. The lowest BCUT2D eigenvalue weighted by Gasteiger charge is -2.32. The summed E-state index contributed by atoms with van der Waals surface area (Å²) in [4.78, 5) is 46.1. The Labute approximate surface area is 198 Å². The zero-order valence-corrected chi connectivity index (χ0v) is 19.6. The molecule has 2 heterocycles. The number of benzene rings is 1. The van der Waals surface area contributed by atoms with Crippen molar-refractivity contribution in [3.63, 3.8) is 0 Å². The van der Waals surface area contributed by atoms with Crippen LogP contribution in [0.15, 0.2) is 52.2 Å². The number of aromatic nitrogens is 1. The van der Waals surface area contributed by atoms with Gasteiger partial charge >= 0.3 is 0 Å². The lowest BCUT2D eigenvalue weighted by atomic mass is 10.0. The zero-order valence-electron chi connectivity index (χ0n) is 19.6. The number of carbonyl (C=O) groups excluding carboxylic acids is 1. The minimum atomic E-state index is -0.615. The van der Waals surface area contributed by atoms with Crippen LogP contribution in [0.25, 0.3) is 0 Å². The fourth-order valence-corrected chi connectivity index (χ4v) is 4.13. The molecule has 0 bridgehead atoms. The monoisotopic (exact) mass is 463 g/mol. The molecule has 9 heteroatoms. The first-order valence-electron chi connectivity index (χ1n) is 11.4. The normalized spacial score (nSPS) is 15.2. The summed E-state index contributed by atoms with van der Waals surface area (Å²) in [5.74, 6) is 0.00703. The van der Waals surface area contributed by atoms with Crippen molar-refractivity contribution < 1.29 is 9.53 Å². The van der Waals surface area contributed by atoms with Gasteiger partial charge in [-0.15, -0.1) is 0 Å². The van der Waals surface area contributed by atoms with E-state index in [1.165, 1.54) is 13.3 Å². The molecule has 0 saturated carbocycles. The number of ether oxygens (including phenoxy) is 1. The number of carbonyl (C=O) groups is 1. The van der Waals surface area contributed by atoms with E-state index in [0.717, 1.165) is 25.1 Å². The highest BCUT2D eigenvalue weighted by Gasteiger charge is 2.28. The number of amides is 1. The molecule has 2 aromatic carbocycles. The van der Waals surface area contributed by atoms with E-state index in [1.54, 1.807) is 11.0 Å². The number of nitrogens with zero attached hydrogens (tertiary/aromatic N) is 3. The second-order valence-corrected chi connectivity index (χ2v) is 8.38. The third kappa shape index (κ3) is 4.51. The minimum Gasteiger partial charge on any atom is -0.492 e. The van der Waals surface area contributed by atoms with Crippen LogP contribution < -0.4 is 26.2 Å². The van der Waals surface area contributed by atoms with Gasteiger partial charge in [-0.25, -0.2) is 4.98 Å². The fraction of sp³-hybridized carbons (Fsp3) is 0.360. The van der Waals surface area contributed by atoms with E-state index in [4.69, 9.17) is 4.74 Å². The summed E-state index contributed by atoms with van der Waals surface area (Å²) >= 11 is 0. The molecule has 1 aromatic heterocycles. The SMILES string of the molecule is CC[C@@H](Nc1c(Nc2ccnc(C(=O)N3CCN(C)CC3)c2OC)c(=O)c1=O)c1ccccc1. The maximum Gasteiger partial charge on any atom is 0.276 e. The predicted octanol–water partition coefficient (Wildman–Crippen LogP) is 2.38. The van der Waals surface area contributed by atoms with Crippen molar-refractivity contribution in [2.24, 2.45) is 0 Å². The quantitative estimate of drug-likeness (QED) is 0.491. The Bertz CT molecular complexity index is 1230. The molecule has 34 heavy (non-hydrogen) atoms. The number of methoxy groups -OCH3 is 1. The molecule has 1 amide bonds. The molecule has 1 aliphatic heterocycles. The zero-order chi connectivity index (χ0) is 24.2. The highest BCUT2D eigenvalue weighted by molar-refractivity contribution is 5.97. The fourth-order valence-electron chi connectivity index (χ4n) is 4.13. The van der Waals surface area contributed by atoms with Crippen LogP contribution >= 0.6 is 0 Å². The molecule has 1 fully saturated rings. The van der Waals surface area contributed by atoms with Crippen molar-refractivity contribution in [3.05, 3.63) is 74.3 Å². The minimum absolute atomic E-state index is 0.126. The van der Waals surface area contributed by atoms with Crippen LogP contribution in [0.5, 0.6) is 5.75 Å². The second kappa shape index (κ2) is 10.0. The highest BCUT2D eigenvalue weighted by Crippen LogP contribution is 2.33. The first-order valence-corrected chi connectivity index (χ1v) is 11.4. The van der Waals surface area contributed by atoms with E-state index >= 15 is 0 Å². The van der Waals surface area contributed by atoms with Gasteiger partial charge in [0, 0.05) is 32.4 Å². The Morgan fingerprint density at radius 3 is 2.38 bits per heavy atom. The van der Waals surface area contributed by atoms with Gasteiger partial charge in [0.1, 0.15) is 11.4 Å². The highest BCUT2D eigenvalue weighted by atomic mass is 16.5. The van der Waals surface area contributed by atoms with Crippen LogP contribution in [0.4, 0.5) is 17.1 Å². The third-order valence-corrected chi connectivity index (χ3v) is 6.20. The van der Waals surface area contributed by atoms with Gasteiger partial charge in [0.15, 0.2) is 11.4 Å². The van der Waals surface area contributed by atoms with E-state index < -0.39 is 10.9 Å². The molecular formula is C25H29N5O4. The van der Waals surface area contributed by atoms with Crippen molar-refractivity contribution in [1.82, 2.24) is 14.8 Å². The Morgan fingerprint density at radius 2 is 1.74 bits per heavy atom. The van der Waals surface area contributed by atoms with Gasteiger partial charge in [0.2, 0.25) is 0 Å². The molecule has 0 unspecified atom stereocenters. The standard InChI is InChI=1S/C25H29N5O4/c1-4-17(16-8-6-5-7-9-16)27-19-20(23(32)22(19)31)28-18-10-11-26-21(24(18)34-3)25(33)30-14-12-29(2)13-15-30/h5-11,17,27H,4,12-15H2,1-3H3,(H,26,28)/t17-/m1/s1. The van der Waals surface area contributed by atoms with E-state index in [1.807, 2.05) is 44.3 Å². The summed E-state index contributed by atoms with van der Waals surface area (Å²) in [6.45, 7) is 4.77. The summed E-state index contributed by atoms with van der Waals surface area (Å²) in [5.41, 5.74) is 0.785. The lowest BCUT2D eigenvalue weighted by molar-refractivity contribution is 0.0654. The van der Waals surface area contributed by atoms with Gasteiger partial charge < -0.3 is 25.2 Å². The molecule has 9 nitrogen and oxygen atoms in total. The first kappa shape index (κ1) is 23.4. The van der Waals surface area contributed by atoms with Crippen LogP contribution in [0.2, 0.25) is 0 Å². The lowest BCUT2D eigenvalue weighted by Crippen LogP contribution is -2.47. The Kier molecular flexibility index (Phi) is 6.93. The van der Waals surface area contributed by atoms with Gasteiger partial charge in [0.05, 0.1) is 18.8 Å². The molecular weight excluding hydrogens is 434 g/mol. The summed E-state index contributed by atoms with van der Waals surface area (Å²) in [5, 5.41) is 6.23. The van der Waals surface area contributed by atoms with Crippen molar-refractivity contribution in [2.45, 2.75) is 19.4 Å². The number of nitrogens with one attached hydrogen (secondary N) is 2. The van der Waals surface area contributed by atoms with Crippen molar-refractivity contribution in [3.8, 4) is 5.75 Å². The van der Waals surface area contributed by atoms with E-state index in [-0.39, 0.29) is 34.8 Å². The second-order valence-electron chi connectivity index (χ2n) is 8.38. The maximum atomic E-state index is 13.1. The smallest absolute Gasteiger partial charge is 0.276 e. The van der Waals surface area contributed by atoms with Gasteiger partial charge in [-0.2, -0.15) is 0 Å². The van der Waals surface area contributed by atoms with Gasteiger partial charge in [-0.3, -0.25) is 14.4 Å². The molecule has 1 aliphatic rings. The number of hydrogen-bond acceptors (Lipinski definition) is 8. The van der Waals surface area contributed by atoms with Crippen molar-refractivity contribution in [2.75, 3.05) is 51.0 Å². The molecule has 1 atom stereocenters. The Hall–Kier alpha value is -3.72. The Balaban J connectivity index is 1.60. The Morgan fingerprint density at radius 1 is 1.06 bits per heavy atom. The number of pyridine rings is 1.